The molecule has 1 aliphatic heterocycles. The van der Waals surface area contributed by atoms with Gasteiger partial charge in [0.05, 0.1) is 6.54 Å². The summed E-state index contributed by atoms with van der Waals surface area (Å²) < 4.78 is 4.77. The molecule has 5 heteroatoms. The molecule has 1 aliphatic rings. The minimum Gasteiger partial charge on any atom is -0.447 e. The quantitative estimate of drug-likeness (QED) is 0.806. The van der Waals surface area contributed by atoms with Gasteiger partial charge in [-0.25, -0.2) is 9.69 Å². The minimum atomic E-state index is -0.551. The Morgan fingerprint density at radius 3 is 2.61 bits per heavy atom. The minimum absolute atomic E-state index is 0.00731. The highest BCUT2D eigenvalue weighted by Crippen LogP contribution is 2.26. The first-order valence-corrected chi connectivity index (χ1v) is 6.70. The summed E-state index contributed by atoms with van der Waals surface area (Å²) >= 11 is 3.38. The van der Waals surface area contributed by atoms with Crippen molar-refractivity contribution in [1.82, 2.24) is 4.90 Å². The number of carbonyl (C=O) groups is 2. The van der Waals surface area contributed by atoms with Gasteiger partial charge in [0.25, 0.3) is 0 Å². The van der Waals surface area contributed by atoms with Gasteiger partial charge in [0, 0.05) is 5.92 Å². The van der Waals surface area contributed by atoms with Gasteiger partial charge in [0.1, 0.15) is 11.4 Å². The van der Waals surface area contributed by atoms with E-state index in [1.807, 2.05) is 37.3 Å². The third-order valence-corrected chi connectivity index (χ3v) is 4.21. The molecule has 0 bridgehead atoms. The lowest BCUT2D eigenvalue weighted by atomic mass is 9.97. The maximum Gasteiger partial charge on any atom is 0.416 e. The molecule has 1 fully saturated rings. The number of benzene rings is 1. The van der Waals surface area contributed by atoms with Crippen LogP contribution in [0.3, 0.4) is 0 Å². The highest BCUT2D eigenvalue weighted by Gasteiger charge is 2.35. The van der Waals surface area contributed by atoms with Crippen LogP contribution < -0.4 is 0 Å². The largest absolute Gasteiger partial charge is 0.447 e. The molecule has 1 saturated heterocycles. The van der Waals surface area contributed by atoms with E-state index in [4.69, 9.17) is 4.74 Å². The SMILES string of the molecule is C[C@@H](c1ccccc1)[C@@H](Br)C(=O)N1CCOC1=O. The third-order valence-electron chi connectivity index (χ3n) is 3.03. The summed E-state index contributed by atoms with van der Waals surface area (Å²) in [7, 11) is 0. The van der Waals surface area contributed by atoms with Crippen molar-refractivity contribution in [3.8, 4) is 0 Å². The van der Waals surface area contributed by atoms with Crippen molar-refractivity contribution in [1.29, 1.82) is 0 Å². The van der Waals surface area contributed by atoms with Crippen LogP contribution in [0.5, 0.6) is 0 Å². The lowest BCUT2D eigenvalue weighted by Crippen LogP contribution is -2.39. The number of rotatable bonds is 3. The van der Waals surface area contributed by atoms with E-state index in [0.29, 0.717) is 6.54 Å². The van der Waals surface area contributed by atoms with Gasteiger partial charge < -0.3 is 4.74 Å². The zero-order valence-corrected chi connectivity index (χ0v) is 11.6. The topological polar surface area (TPSA) is 46.6 Å². The van der Waals surface area contributed by atoms with Crippen molar-refractivity contribution >= 4 is 27.9 Å². The molecule has 0 radical (unpaired) electrons. The number of imide groups is 1. The van der Waals surface area contributed by atoms with E-state index in [1.54, 1.807) is 0 Å². The predicted molar refractivity (Wildman–Crippen MR) is 70.6 cm³/mol. The van der Waals surface area contributed by atoms with Gasteiger partial charge >= 0.3 is 6.09 Å². The molecule has 2 atom stereocenters. The summed E-state index contributed by atoms with van der Waals surface area (Å²) in [4.78, 5) is 24.2. The zero-order chi connectivity index (χ0) is 13.1. The first-order chi connectivity index (χ1) is 8.61. The molecule has 2 amide bonds. The maximum atomic E-state index is 12.1. The summed E-state index contributed by atoms with van der Waals surface area (Å²) in [6.07, 6.45) is -0.551. The Balaban J connectivity index is 2.09. The van der Waals surface area contributed by atoms with Gasteiger partial charge in [-0.1, -0.05) is 53.2 Å². The molecule has 0 unspecified atom stereocenters. The summed E-state index contributed by atoms with van der Waals surface area (Å²) in [5.74, 6) is -0.249. The molecule has 1 heterocycles. The molecule has 96 valence electrons. The number of hydrogen-bond acceptors (Lipinski definition) is 3. The van der Waals surface area contributed by atoms with Crippen LogP contribution in [-0.2, 0) is 9.53 Å². The van der Waals surface area contributed by atoms with Crippen molar-refractivity contribution in [2.45, 2.75) is 17.7 Å². The first kappa shape index (κ1) is 13.1. The Bertz CT molecular complexity index is 449. The van der Waals surface area contributed by atoms with E-state index < -0.39 is 10.9 Å². The third kappa shape index (κ3) is 2.56. The molecule has 0 aromatic heterocycles. The number of halogens is 1. The fraction of sp³-hybridized carbons (Fsp3) is 0.385. The Hall–Kier alpha value is -1.36. The number of nitrogens with zero attached hydrogens (tertiary/aromatic N) is 1. The Morgan fingerprint density at radius 2 is 2.06 bits per heavy atom. The molecule has 1 aromatic rings. The number of alkyl halides is 1. The van der Waals surface area contributed by atoms with E-state index in [1.165, 1.54) is 0 Å². The monoisotopic (exact) mass is 311 g/mol. The average Bonchev–Trinajstić information content (AvgIpc) is 2.83. The lowest BCUT2D eigenvalue weighted by molar-refractivity contribution is -0.127. The smallest absolute Gasteiger partial charge is 0.416 e. The van der Waals surface area contributed by atoms with E-state index in [2.05, 4.69) is 15.9 Å². The van der Waals surface area contributed by atoms with Crippen molar-refractivity contribution in [2.75, 3.05) is 13.2 Å². The van der Waals surface area contributed by atoms with Gasteiger partial charge in [-0.3, -0.25) is 4.79 Å². The van der Waals surface area contributed by atoms with Crippen LogP contribution >= 0.6 is 15.9 Å². The van der Waals surface area contributed by atoms with Crippen molar-refractivity contribution in [3.05, 3.63) is 35.9 Å². The normalized spacial score (nSPS) is 18.3. The molecular weight excluding hydrogens is 298 g/mol. The second-order valence-corrected chi connectivity index (χ2v) is 5.19. The molecule has 1 aromatic carbocycles. The standard InChI is InChI=1S/C13H14BrNO3/c1-9(10-5-3-2-4-6-10)11(14)12(16)15-7-8-18-13(15)17/h2-6,9,11H,7-8H2,1H3/t9-,11+/m0/s1. The van der Waals surface area contributed by atoms with Crippen LogP contribution in [0.2, 0.25) is 0 Å². The summed E-state index contributed by atoms with van der Waals surface area (Å²) in [6.45, 7) is 2.57. The zero-order valence-electron chi connectivity index (χ0n) is 10.0. The second-order valence-electron chi connectivity index (χ2n) is 4.21. The van der Waals surface area contributed by atoms with Gasteiger partial charge in [-0.15, -0.1) is 0 Å². The van der Waals surface area contributed by atoms with Crippen molar-refractivity contribution in [2.24, 2.45) is 0 Å². The molecular formula is C13H14BrNO3. The Labute approximate surface area is 114 Å². The maximum absolute atomic E-state index is 12.1. The summed E-state index contributed by atoms with van der Waals surface area (Å²) in [6, 6.07) is 9.72. The van der Waals surface area contributed by atoms with Crippen molar-refractivity contribution < 1.29 is 14.3 Å². The first-order valence-electron chi connectivity index (χ1n) is 5.78. The lowest BCUT2D eigenvalue weighted by Gasteiger charge is -2.21. The number of amides is 2. The highest BCUT2D eigenvalue weighted by atomic mass is 79.9. The average molecular weight is 312 g/mol. The fourth-order valence-electron chi connectivity index (χ4n) is 1.88. The predicted octanol–water partition coefficient (Wildman–Crippen LogP) is 2.53. The molecule has 0 spiro atoms. The van der Waals surface area contributed by atoms with E-state index in [9.17, 15) is 9.59 Å². The van der Waals surface area contributed by atoms with Gasteiger partial charge in [-0.2, -0.15) is 0 Å². The fourth-order valence-corrected chi connectivity index (χ4v) is 2.43. The van der Waals surface area contributed by atoms with Gasteiger partial charge in [-0.05, 0) is 5.56 Å². The molecule has 0 saturated carbocycles. The van der Waals surface area contributed by atoms with Crippen LogP contribution in [0.25, 0.3) is 0 Å². The van der Waals surface area contributed by atoms with E-state index >= 15 is 0 Å². The van der Waals surface area contributed by atoms with E-state index in [-0.39, 0.29) is 18.4 Å². The summed E-state index contributed by atoms with van der Waals surface area (Å²) in [5, 5.41) is 0. The van der Waals surface area contributed by atoms with Gasteiger partial charge in [0.15, 0.2) is 0 Å². The Morgan fingerprint density at radius 1 is 1.39 bits per heavy atom. The van der Waals surface area contributed by atoms with Crippen LogP contribution in [0, 0.1) is 0 Å². The molecule has 2 rings (SSSR count). The van der Waals surface area contributed by atoms with Crippen molar-refractivity contribution in [3.63, 3.8) is 0 Å². The summed E-state index contributed by atoms with van der Waals surface area (Å²) in [5.41, 5.74) is 1.06. The van der Waals surface area contributed by atoms with Crippen LogP contribution in [0.1, 0.15) is 18.4 Å². The second kappa shape index (κ2) is 5.52. The molecule has 4 nitrogen and oxygen atoms in total. The molecule has 0 aliphatic carbocycles. The van der Waals surface area contributed by atoms with Crippen LogP contribution in [0.15, 0.2) is 30.3 Å². The number of cyclic esters (lactones) is 1. The number of carbonyl (C=O) groups excluding carboxylic acids is 2. The molecule has 18 heavy (non-hydrogen) atoms. The Kier molecular flexibility index (Phi) is 4.01. The molecule has 0 N–H and O–H groups in total. The van der Waals surface area contributed by atoms with Crippen LogP contribution in [0.4, 0.5) is 4.79 Å². The number of hydrogen-bond donors (Lipinski definition) is 0. The van der Waals surface area contributed by atoms with Gasteiger partial charge in [0.2, 0.25) is 5.91 Å². The van der Waals surface area contributed by atoms with E-state index in [0.717, 1.165) is 10.5 Å². The highest BCUT2D eigenvalue weighted by molar-refractivity contribution is 9.10. The van der Waals surface area contributed by atoms with Crippen LogP contribution in [-0.4, -0.2) is 34.9 Å². The number of ether oxygens (including phenoxy) is 1.